The average Bonchev–Trinajstić information content (AvgIpc) is 2.39. The summed E-state index contributed by atoms with van der Waals surface area (Å²) >= 11 is 0. The van der Waals surface area contributed by atoms with Crippen molar-refractivity contribution in [3.05, 3.63) is 0 Å². The lowest BCUT2D eigenvalue weighted by Crippen LogP contribution is -2.15. The van der Waals surface area contributed by atoms with Crippen LogP contribution in [0.15, 0.2) is 0 Å². The number of nitrogens with one attached hydrogen (secondary N) is 1. The lowest BCUT2D eigenvalue weighted by molar-refractivity contribution is -0.122. The summed E-state index contributed by atoms with van der Waals surface area (Å²) in [5.41, 5.74) is 0. The van der Waals surface area contributed by atoms with Gasteiger partial charge in [0.25, 0.3) is 0 Å². The molecule has 64 valence electrons. The second-order valence-electron chi connectivity index (χ2n) is 3.68. The van der Waals surface area contributed by atoms with Crippen molar-refractivity contribution in [1.82, 2.24) is 5.32 Å². The monoisotopic (exact) mass is 155 g/mol. The molecule has 1 aliphatic heterocycles. The van der Waals surface area contributed by atoms with E-state index in [4.69, 9.17) is 0 Å². The Morgan fingerprint density at radius 1 is 1.64 bits per heavy atom. The molecular formula is C9H17NO. The van der Waals surface area contributed by atoms with E-state index in [0.717, 1.165) is 19.5 Å². The highest BCUT2D eigenvalue weighted by molar-refractivity contribution is 5.80. The number of hydrogen-bond acceptors (Lipinski definition) is 2. The lowest BCUT2D eigenvalue weighted by Gasteiger charge is -2.08. The first kappa shape index (κ1) is 8.72. The zero-order valence-electron chi connectivity index (χ0n) is 7.39. The van der Waals surface area contributed by atoms with E-state index in [9.17, 15) is 4.79 Å². The lowest BCUT2D eigenvalue weighted by atomic mass is 9.96. The Kier molecular flexibility index (Phi) is 3.06. The van der Waals surface area contributed by atoms with Crippen LogP contribution in [0.5, 0.6) is 0 Å². The number of carbonyl (C=O) groups excluding carboxylic acids is 1. The van der Waals surface area contributed by atoms with Crippen LogP contribution in [0.4, 0.5) is 0 Å². The summed E-state index contributed by atoms with van der Waals surface area (Å²) in [7, 11) is 0. The van der Waals surface area contributed by atoms with Crippen molar-refractivity contribution in [3.8, 4) is 0 Å². The number of carbonyl (C=O) groups is 1. The van der Waals surface area contributed by atoms with Gasteiger partial charge in [-0.15, -0.1) is 0 Å². The van der Waals surface area contributed by atoms with Crippen molar-refractivity contribution < 1.29 is 4.79 Å². The van der Waals surface area contributed by atoms with E-state index in [1.54, 1.807) is 0 Å². The van der Waals surface area contributed by atoms with Crippen LogP contribution >= 0.6 is 0 Å². The fraction of sp³-hybridized carbons (Fsp3) is 0.889. The SMILES string of the molecule is CC(C)C(=O)C[C@H]1CCNC1. The highest BCUT2D eigenvalue weighted by Crippen LogP contribution is 2.14. The van der Waals surface area contributed by atoms with Gasteiger partial charge < -0.3 is 5.32 Å². The van der Waals surface area contributed by atoms with Gasteiger partial charge in [0.1, 0.15) is 5.78 Å². The Labute approximate surface area is 68.4 Å². The second kappa shape index (κ2) is 3.86. The molecule has 1 aliphatic rings. The number of Topliss-reactive ketones (excluding diaryl/α,β-unsaturated/α-hetero) is 1. The summed E-state index contributed by atoms with van der Waals surface area (Å²) in [6, 6.07) is 0. The fourth-order valence-electron chi connectivity index (χ4n) is 1.41. The van der Waals surface area contributed by atoms with E-state index in [2.05, 4.69) is 5.32 Å². The normalized spacial score (nSPS) is 24.5. The molecular weight excluding hydrogens is 138 g/mol. The third-order valence-corrected chi connectivity index (χ3v) is 2.30. The Morgan fingerprint density at radius 2 is 2.36 bits per heavy atom. The summed E-state index contributed by atoms with van der Waals surface area (Å²) in [4.78, 5) is 11.3. The van der Waals surface area contributed by atoms with Crippen molar-refractivity contribution in [2.24, 2.45) is 11.8 Å². The largest absolute Gasteiger partial charge is 0.316 e. The molecule has 0 amide bonds. The first-order valence-electron chi connectivity index (χ1n) is 4.43. The summed E-state index contributed by atoms with van der Waals surface area (Å²) in [6.07, 6.45) is 1.96. The van der Waals surface area contributed by atoms with Crippen molar-refractivity contribution in [3.63, 3.8) is 0 Å². The molecule has 0 bridgehead atoms. The van der Waals surface area contributed by atoms with Crippen LogP contribution in [0.2, 0.25) is 0 Å². The summed E-state index contributed by atoms with van der Waals surface area (Å²) in [5.74, 6) is 1.25. The topological polar surface area (TPSA) is 29.1 Å². The highest BCUT2D eigenvalue weighted by atomic mass is 16.1. The van der Waals surface area contributed by atoms with Crippen molar-refractivity contribution in [1.29, 1.82) is 0 Å². The Morgan fingerprint density at radius 3 is 2.82 bits per heavy atom. The zero-order valence-corrected chi connectivity index (χ0v) is 7.39. The van der Waals surface area contributed by atoms with E-state index in [-0.39, 0.29) is 5.92 Å². The van der Waals surface area contributed by atoms with Gasteiger partial charge in [0, 0.05) is 12.3 Å². The molecule has 0 saturated carbocycles. The number of hydrogen-bond donors (Lipinski definition) is 1. The van der Waals surface area contributed by atoms with Crippen LogP contribution in [0.3, 0.4) is 0 Å². The van der Waals surface area contributed by atoms with Gasteiger partial charge >= 0.3 is 0 Å². The Bertz CT molecular complexity index is 136. The number of ketones is 1. The third kappa shape index (κ3) is 2.62. The van der Waals surface area contributed by atoms with Crippen LogP contribution in [-0.2, 0) is 4.79 Å². The molecule has 1 atom stereocenters. The molecule has 1 fully saturated rings. The van der Waals surface area contributed by atoms with Crippen molar-refractivity contribution in [2.45, 2.75) is 26.7 Å². The van der Waals surface area contributed by atoms with Gasteiger partial charge in [-0.25, -0.2) is 0 Å². The predicted octanol–water partition coefficient (Wildman–Crippen LogP) is 1.21. The predicted molar refractivity (Wildman–Crippen MR) is 45.4 cm³/mol. The van der Waals surface area contributed by atoms with E-state index < -0.39 is 0 Å². The Hall–Kier alpha value is -0.370. The second-order valence-corrected chi connectivity index (χ2v) is 3.68. The van der Waals surface area contributed by atoms with Crippen LogP contribution < -0.4 is 5.32 Å². The van der Waals surface area contributed by atoms with E-state index in [1.165, 1.54) is 6.42 Å². The van der Waals surface area contributed by atoms with E-state index >= 15 is 0 Å². The maximum absolute atomic E-state index is 11.3. The van der Waals surface area contributed by atoms with E-state index in [0.29, 0.717) is 11.7 Å². The van der Waals surface area contributed by atoms with Gasteiger partial charge in [0.15, 0.2) is 0 Å². The zero-order chi connectivity index (χ0) is 8.27. The molecule has 11 heavy (non-hydrogen) atoms. The molecule has 0 unspecified atom stereocenters. The number of rotatable bonds is 3. The fourth-order valence-corrected chi connectivity index (χ4v) is 1.41. The maximum Gasteiger partial charge on any atom is 0.135 e. The molecule has 0 aromatic heterocycles. The molecule has 0 aliphatic carbocycles. The van der Waals surface area contributed by atoms with Gasteiger partial charge in [0.2, 0.25) is 0 Å². The summed E-state index contributed by atoms with van der Waals surface area (Å²) < 4.78 is 0. The minimum absolute atomic E-state index is 0.218. The van der Waals surface area contributed by atoms with Crippen LogP contribution in [0.1, 0.15) is 26.7 Å². The molecule has 2 nitrogen and oxygen atoms in total. The summed E-state index contributed by atoms with van der Waals surface area (Å²) in [5, 5.41) is 3.26. The van der Waals surface area contributed by atoms with Gasteiger partial charge in [-0.2, -0.15) is 0 Å². The first-order chi connectivity index (χ1) is 5.20. The van der Waals surface area contributed by atoms with Crippen molar-refractivity contribution >= 4 is 5.78 Å². The molecule has 0 radical (unpaired) electrons. The van der Waals surface area contributed by atoms with Crippen LogP contribution in [-0.4, -0.2) is 18.9 Å². The van der Waals surface area contributed by atoms with Gasteiger partial charge in [-0.1, -0.05) is 13.8 Å². The summed E-state index contributed by atoms with van der Waals surface area (Å²) in [6.45, 7) is 6.09. The molecule has 1 rings (SSSR count). The van der Waals surface area contributed by atoms with Gasteiger partial charge in [-0.05, 0) is 25.4 Å². The van der Waals surface area contributed by atoms with Crippen molar-refractivity contribution in [2.75, 3.05) is 13.1 Å². The molecule has 0 spiro atoms. The Balaban J connectivity index is 2.24. The van der Waals surface area contributed by atoms with Crippen LogP contribution in [0, 0.1) is 11.8 Å². The van der Waals surface area contributed by atoms with E-state index in [1.807, 2.05) is 13.8 Å². The third-order valence-electron chi connectivity index (χ3n) is 2.30. The molecule has 0 aromatic rings. The maximum atomic E-state index is 11.3. The van der Waals surface area contributed by atoms with Gasteiger partial charge in [0.05, 0.1) is 0 Å². The standard InChI is InChI=1S/C9H17NO/c1-7(2)9(11)5-8-3-4-10-6-8/h7-8,10H,3-6H2,1-2H3/t8-/m1/s1. The molecule has 1 N–H and O–H groups in total. The average molecular weight is 155 g/mol. The molecule has 1 saturated heterocycles. The minimum Gasteiger partial charge on any atom is -0.316 e. The quantitative estimate of drug-likeness (QED) is 0.663. The molecule has 1 heterocycles. The minimum atomic E-state index is 0.218. The smallest absolute Gasteiger partial charge is 0.135 e. The van der Waals surface area contributed by atoms with Crippen LogP contribution in [0.25, 0.3) is 0 Å². The highest BCUT2D eigenvalue weighted by Gasteiger charge is 2.19. The van der Waals surface area contributed by atoms with Gasteiger partial charge in [-0.3, -0.25) is 4.79 Å². The molecule has 0 aromatic carbocycles. The first-order valence-corrected chi connectivity index (χ1v) is 4.43. The molecule has 2 heteroatoms.